The Kier molecular flexibility index (Phi) is 5.63. The van der Waals surface area contributed by atoms with E-state index in [2.05, 4.69) is 6.92 Å². The zero-order valence-electron chi connectivity index (χ0n) is 10.9. The second-order valence-electron chi connectivity index (χ2n) is 4.90. The maximum absolute atomic E-state index is 12.2. The van der Waals surface area contributed by atoms with Gasteiger partial charge < -0.3 is 10.6 Å². The molecule has 0 bridgehead atoms. The predicted molar refractivity (Wildman–Crippen MR) is 78.6 cm³/mol. The number of carbonyl (C=O) groups excluding carboxylic acids is 1. The van der Waals surface area contributed by atoms with Crippen LogP contribution in [0.2, 0.25) is 0 Å². The highest BCUT2D eigenvalue weighted by Gasteiger charge is 2.25. The highest BCUT2D eigenvalue weighted by atomic mass is 35.5. The normalized spacial score (nSPS) is 18.3. The molecular formula is C13H21ClN2OS. The van der Waals surface area contributed by atoms with Crippen LogP contribution in [0.5, 0.6) is 0 Å². The first-order valence-electron chi connectivity index (χ1n) is 6.19. The van der Waals surface area contributed by atoms with Crippen molar-refractivity contribution in [2.45, 2.75) is 32.7 Å². The number of carbonyl (C=O) groups is 1. The topological polar surface area (TPSA) is 46.3 Å². The number of halogens is 1. The molecule has 2 heterocycles. The SMILES string of the molecule is Cc1ccc(C(=O)N2CCC(C(C)N)CC2)s1.Cl. The van der Waals surface area contributed by atoms with E-state index in [0.717, 1.165) is 30.8 Å². The summed E-state index contributed by atoms with van der Waals surface area (Å²) in [6.07, 6.45) is 2.07. The quantitative estimate of drug-likeness (QED) is 0.909. The Hall–Kier alpha value is -0.580. The van der Waals surface area contributed by atoms with E-state index in [1.807, 2.05) is 24.0 Å². The number of amides is 1. The number of likely N-dealkylation sites (tertiary alicyclic amines) is 1. The Labute approximate surface area is 119 Å². The van der Waals surface area contributed by atoms with Gasteiger partial charge in [0.25, 0.3) is 5.91 Å². The summed E-state index contributed by atoms with van der Waals surface area (Å²) in [5, 5.41) is 0. The third kappa shape index (κ3) is 3.46. The Morgan fingerprint density at radius 3 is 2.50 bits per heavy atom. The van der Waals surface area contributed by atoms with Crippen LogP contribution in [0.25, 0.3) is 0 Å². The van der Waals surface area contributed by atoms with Crippen molar-refractivity contribution in [1.82, 2.24) is 4.90 Å². The minimum Gasteiger partial charge on any atom is -0.338 e. The summed E-state index contributed by atoms with van der Waals surface area (Å²) >= 11 is 1.58. The van der Waals surface area contributed by atoms with E-state index in [4.69, 9.17) is 5.73 Å². The van der Waals surface area contributed by atoms with Crippen molar-refractivity contribution in [3.8, 4) is 0 Å². The third-order valence-corrected chi connectivity index (χ3v) is 4.51. The number of aryl methyl sites for hydroxylation is 1. The molecule has 1 amide bonds. The third-order valence-electron chi connectivity index (χ3n) is 3.52. The molecule has 0 spiro atoms. The molecule has 1 atom stereocenters. The molecule has 102 valence electrons. The van der Waals surface area contributed by atoms with E-state index in [0.29, 0.717) is 5.92 Å². The number of hydrogen-bond donors (Lipinski definition) is 1. The van der Waals surface area contributed by atoms with E-state index in [9.17, 15) is 4.79 Å². The summed E-state index contributed by atoms with van der Waals surface area (Å²) in [6, 6.07) is 4.18. The average molecular weight is 289 g/mol. The molecule has 1 saturated heterocycles. The zero-order valence-corrected chi connectivity index (χ0v) is 12.5. The van der Waals surface area contributed by atoms with Gasteiger partial charge in [-0.1, -0.05) is 0 Å². The van der Waals surface area contributed by atoms with Crippen LogP contribution in [0.4, 0.5) is 0 Å². The van der Waals surface area contributed by atoms with Gasteiger partial charge in [0.1, 0.15) is 0 Å². The molecule has 0 aromatic carbocycles. The first-order valence-corrected chi connectivity index (χ1v) is 7.01. The van der Waals surface area contributed by atoms with Crippen LogP contribution in [0.15, 0.2) is 12.1 Å². The lowest BCUT2D eigenvalue weighted by atomic mass is 9.91. The number of nitrogens with zero attached hydrogens (tertiary/aromatic N) is 1. The van der Waals surface area contributed by atoms with Crippen molar-refractivity contribution >= 4 is 29.7 Å². The molecule has 5 heteroatoms. The van der Waals surface area contributed by atoms with Crippen molar-refractivity contribution in [2.24, 2.45) is 11.7 Å². The molecular weight excluding hydrogens is 268 g/mol. The van der Waals surface area contributed by atoms with Gasteiger partial charge in [-0.3, -0.25) is 4.79 Å². The van der Waals surface area contributed by atoms with Gasteiger partial charge in [-0.05, 0) is 44.7 Å². The second-order valence-corrected chi connectivity index (χ2v) is 6.19. The van der Waals surface area contributed by atoms with Gasteiger partial charge in [0.2, 0.25) is 0 Å². The fraction of sp³-hybridized carbons (Fsp3) is 0.615. The number of hydrogen-bond acceptors (Lipinski definition) is 3. The summed E-state index contributed by atoms with van der Waals surface area (Å²) in [7, 11) is 0. The van der Waals surface area contributed by atoms with E-state index in [1.165, 1.54) is 4.88 Å². The van der Waals surface area contributed by atoms with E-state index in [1.54, 1.807) is 11.3 Å². The fourth-order valence-corrected chi connectivity index (χ4v) is 3.17. The first-order chi connectivity index (χ1) is 8.08. The Morgan fingerprint density at radius 2 is 2.06 bits per heavy atom. The molecule has 1 aromatic heterocycles. The predicted octanol–water partition coefficient (Wildman–Crippen LogP) is 2.68. The molecule has 1 unspecified atom stereocenters. The molecule has 1 aliphatic rings. The van der Waals surface area contributed by atoms with Gasteiger partial charge in [-0.15, -0.1) is 23.7 Å². The Bertz CT molecular complexity index is 397. The molecule has 2 rings (SSSR count). The molecule has 0 saturated carbocycles. The lowest BCUT2D eigenvalue weighted by Crippen LogP contribution is -2.42. The highest BCUT2D eigenvalue weighted by molar-refractivity contribution is 7.13. The Balaban J connectivity index is 0.00000162. The second kappa shape index (κ2) is 6.55. The summed E-state index contributed by atoms with van der Waals surface area (Å²) in [4.78, 5) is 16.2. The summed E-state index contributed by atoms with van der Waals surface area (Å²) in [6.45, 7) is 5.79. The van der Waals surface area contributed by atoms with Crippen molar-refractivity contribution < 1.29 is 4.79 Å². The minimum atomic E-state index is 0. The van der Waals surface area contributed by atoms with Gasteiger partial charge >= 0.3 is 0 Å². The van der Waals surface area contributed by atoms with E-state index in [-0.39, 0.29) is 24.4 Å². The van der Waals surface area contributed by atoms with E-state index >= 15 is 0 Å². The molecule has 18 heavy (non-hydrogen) atoms. The molecule has 0 radical (unpaired) electrons. The van der Waals surface area contributed by atoms with Crippen LogP contribution in [0.1, 0.15) is 34.3 Å². The summed E-state index contributed by atoms with van der Waals surface area (Å²) in [5.41, 5.74) is 5.90. The number of rotatable bonds is 2. The maximum Gasteiger partial charge on any atom is 0.263 e. The largest absolute Gasteiger partial charge is 0.338 e. The van der Waals surface area contributed by atoms with Gasteiger partial charge in [-0.2, -0.15) is 0 Å². The number of nitrogens with two attached hydrogens (primary N) is 1. The molecule has 1 fully saturated rings. The number of thiophene rings is 1. The Morgan fingerprint density at radius 1 is 1.44 bits per heavy atom. The summed E-state index contributed by atoms with van der Waals surface area (Å²) < 4.78 is 0. The van der Waals surface area contributed by atoms with Crippen LogP contribution in [0, 0.1) is 12.8 Å². The van der Waals surface area contributed by atoms with Crippen molar-refractivity contribution in [1.29, 1.82) is 0 Å². The highest BCUT2D eigenvalue weighted by Crippen LogP contribution is 2.23. The molecule has 1 aliphatic heterocycles. The zero-order chi connectivity index (χ0) is 12.4. The van der Waals surface area contributed by atoms with Crippen LogP contribution in [-0.2, 0) is 0 Å². The van der Waals surface area contributed by atoms with Crippen molar-refractivity contribution in [3.05, 3.63) is 21.9 Å². The molecule has 0 aliphatic carbocycles. The van der Waals surface area contributed by atoms with Gasteiger partial charge in [-0.25, -0.2) is 0 Å². The maximum atomic E-state index is 12.2. The van der Waals surface area contributed by atoms with E-state index < -0.39 is 0 Å². The smallest absolute Gasteiger partial charge is 0.263 e. The summed E-state index contributed by atoms with van der Waals surface area (Å²) in [5.74, 6) is 0.760. The molecule has 3 nitrogen and oxygen atoms in total. The van der Waals surface area contributed by atoms with Crippen LogP contribution < -0.4 is 5.73 Å². The van der Waals surface area contributed by atoms with Gasteiger partial charge in [0.05, 0.1) is 4.88 Å². The lowest BCUT2D eigenvalue weighted by molar-refractivity contribution is 0.0686. The molecule has 1 aromatic rings. The average Bonchev–Trinajstić information content (AvgIpc) is 2.75. The van der Waals surface area contributed by atoms with Gasteiger partial charge in [0.15, 0.2) is 0 Å². The monoisotopic (exact) mass is 288 g/mol. The van der Waals surface area contributed by atoms with Crippen molar-refractivity contribution in [2.75, 3.05) is 13.1 Å². The van der Waals surface area contributed by atoms with Crippen LogP contribution >= 0.6 is 23.7 Å². The fourth-order valence-electron chi connectivity index (χ4n) is 2.33. The van der Waals surface area contributed by atoms with Crippen molar-refractivity contribution in [3.63, 3.8) is 0 Å². The number of piperidine rings is 1. The van der Waals surface area contributed by atoms with Crippen LogP contribution in [0.3, 0.4) is 0 Å². The molecule has 2 N–H and O–H groups in total. The minimum absolute atomic E-state index is 0. The standard InChI is InChI=1S/C13H20N2OS.ClH/c1-9-3-4-12(17-9)13(16)15-7-5-11(6-8-15)10(2)14;/h3-4,10-11H,5-8,14H2,1-2H3;1H. The van der Waals surface area contributed by atoms with Gasteiger partial charge in [0, 0.05) is 24.0 Å². The first kappa shape index (κ1) is 15.5. The van der Waals surface area contributed by atoms with Crippen LogP contribution in [-0.4, -0.2) is 29.9 Å². The lowest BCUT2D eigenvalue weighted by Gasteiger charge is -2.33.